The van der Waals surface area contributed by atoms with Crippen molar-refractivity contribution in [1.29, 1.82) is 0 Å². The Morgan fingerprint density at radius 1 is 0.894 bits per heavy atom. The van der Waals surface area contributed by atoms with Crippen LogP contribution in [0.3, 0.4) is 0 Å². The molecule has 3 aromatic carbocycles. The standard InChI is InChI=1S/C38H46ClN3O4S/c1-3-16-40-37(44)35(21-27-8-5-4-6-9-27)41(25-28-10-7-11-33(39)20-28)36(43)26-42(47(2,45)46)34-14-12-32(13-15-34)38-22-29-17-30(23-38)19-31(18-29)24-38/h4-15,20,29-31,35H,3,16-19,21-26H2,1-2H3,(H,40,44)/t29?,30?,31?,35-,38?/m1/s1. The first kappa shape index (κ1) is 33.5. The normalized spacial score (nSPS) is 23.7. The Kier molecular flexibility index (Phi) is 10.00. The average Bonchev–Trinajstić information content (AvgIpc) is 3.03. The summed E-state index contributed by atoms with van der Waals surface area (Å²) >= 11 is 6.31. The van der Waals surface area contributed by atoms with E-state index in [0.29, 0.717) is 17.3 Å². The van der Waals surface area contributed by atoms with Crippen molar-refractivity contribution >= 4 is 39.1 Å². The van der Waals surface area contributed by atoms with E-state index in [1.165, 1.54) is 53.3 Å². The van der Waals surface area contributed by atoms with E-state index in [9.17, 15) is 18.0 Å². The van der Waals surface area contributed by atoms with Crippen molar-refractivity contribution in [3.05, 3.63) is 101 Å². The van der Waals surface area contributed by atoms with Crippen molar-refractivity contribution in [3.8, 4) is 0 Å². The van der Waals surface area contributed by atoms with Gasteiger partial charge in [0, 0.05) is 24.5 Å². The lowest BCUT2D eigenvalue weighted by molar-refractivity contribution is -0.140. The van der Waals surface area contributed by atoms with E-state index in [0.717, 1.165) is 41.6 Å². The number of hydrogen-bond acceptors (Lipinski definition) is 4. The second-order valence-corrected chi connectivity index (χ2v) is 16.5. The maximum atomic E-state index is 14.4. The molecule has 0 aromatic heterocycles. The molecule has 1 atom stereocenters. The van der Waals surface area contributed by atoms with Gasteiger partial charge >= 0.3 is 0 Å². The van der Waals surface area contributed by atoms with Gasteiger partial charge in [0.15, 0.2) is 0 Å². The molecular weight excluding hydrogens is 630 g/mol. The molecule has 7 nitrogen and oxygen atoms in total. The van der Waals surface area contributed by atoms with E-state index in [4.69, 9.17) is 11.6 Å². The minimum absolute atomic E-state index is 0.0962. The minimum atomic E-state index is -3.84. The molecule has 0 unspecified atom stereocenters. The van der Waals surface area contributed by atoms with Crippen LogP contribution in [0.15, 0.2) is 78.9 Å². The first-order valence-corrected chi connectivity index (χ1v) is 19.2. The van der Waals surface area contributed by atoms with Gasteiger partial charge in [0.1, 0.15) is 12.6 Å². The third kappa shape index (κ3) is 7.70. The second-order valence-electron chi connectivity index (χ2n) is 14.2. The largest absolute Gasteiger partial charge is 0.354 e. The summed E-state index contributed by atoms with van der Waals surface area (Å²) < 4.78 is 27.8. The molecule has 0 saturated heterocycles. The van der Waals surface area contributed by atoms with Gasteiger partial charge < -0.3 is 10.2 Å². The van der Waals surface area contributed by atoms with Crippen LogP contribution in [-0.2, 0) is 38.0 Å². The zero-order chi connectivity index (χ0) is 33.2. The number of halogens is 1. The molecule has 4 aliphatic rings. The van der Waals surface area contributed by atoms with Crippen molar-refractivity contribution in [2.45, 2.75) is 76.3 Å². The number of carbonyl (C=O) groups excluding carboxylic acids is 2. The van der Waals surface area contributed by atoms with E-state index in [1.807, 2.05) is 55.5 Å². The Morgan fingerprint density at radius 2 is 1.51 bits per heavy atom. The Balaban J connectivity index is 1.30. The number of rotatable bonds is 13. The molecular formula is C38H46ClN3O4S. The molecule has 2 amide bonds. The Morgan fingerprint density at radius 3 is 2.09 bits per heavy atom. The van der Waals surface area contributed by atoms with Crippen molar-refractivity contribution in [3.63, 3.8) is 0 Å². The monoisotopic (exact) mass is 675 g/mol. The molecule has 250 valence electrons. The van der Waals surface area contributed by atoms with Crippen LogP contribution in [0.4, 0.5) is 5.69 Å². The molecule has 4 aliphatic carbocycles. The van der Waals surface area contributed by atoms with Gasteiger partial charge in [-0.05, 0) is 109 Å². The molecule has 0 spiro atoms. The number of hydrogen-bond donors (Lipinski definition) is 1. The quantitative estimate of drug-likeness (QED) is 0.218. The number of carbonyl (C=O) groups is 2. The predicted molar refractivity (Wildman–Crippen MR) is 188 cm³/mol. The molecule has 7 rings (SSSR count). The summed E-state index contributed by atoms with van der Waals surface area (Å²) in [4.78, 5) is 29.6. The summed E-state index contributed by atoms with van der Waals surface area (Å²) in [5, 5.41) is 3.49. The van der Waals surface area contributed by atoms with E-state index >= 15 is 0 Å². The van der Waals surface area contributed by atoms with Crippen LogP contribution in [0.1, 0.15) is 68.6 Å². The van der Waals surface area contributed by atoms with Crippen molar-refractivity contribution in [1.82, 2.24) is 10.2 Å². The zero-order valence-corrected chi connectivity index (χ0v) is 29.0. The summed E-state index contributed by atoms with van der Waals surface area (Å²) in [5.41, 5.74) is 3.57. The molecule has 47 heavy (non-hydrogen) atoms. The van der Waals surface area contributed by atoms with Crippen LogP contribution < -0.4 is 9.62 Å². The van der Waals surface area contributed by atoms with Gasteiger partial charge in [0.25, 0.3) is 0 Å². The van der Waals surface area contributed by atoms with Crippen LogP contribution in [0.2, 0.25) is 5.02 Å². The van der Waals surface area contributed by atoms with Crippen LogP contribution >= 0.6 is 11.6 Å². The van der Waals surface area contributed by atoms with Crippen molar-refractivity contribution in [2.24, 2.45) is 17.8 Å². The molecule has 4 fully saturated rings. The lowest BCUT2D eigenvalue weighted by Crippen LogP contribution is -2.53. The SMILES string of the molecule is CCCNC(=O)[C@@H](Cc1ccccc1)N(Cc1cccc(Cl)c1)C(=O)CN(c1ccc(C23CC4CC(CC(C4)C2)C3)cc1)S(C)(=O)=O. The zero-order valence-electron chi connectivity index (χ0n) is 27.4. The Labute approximate surface area is 284 Å². The van der Waals surface area contributed by atoms with Gasteiger partial charge in [-0.1, -0.05) is 73.1 Å². The van der Waals surface area contributed by atoms with Crippen molar-refractivity contribution in [2.75, 3.05) is 23.7 Å². The fourth-order valence-electron chi connectivity index (χ4n) is 8.81. The van der Waals surface area contributed by atoms with Gasteiger partial charge in [0.05, 0.1) is 11.9 Å². The third-order valence-corrected chi connectivity index (χ3v) is 11.9. The lowest BCUT2D eigenvalue weighted by Gasteiger charge is -2.57. The molecule has 9 heteroatoms. The number of sulfonamides is 1. The summed E-state index contributed by atoms with van der Waals surface area (Å²) in [7, 11) is -3.84. The van der Waals surface area contributed by atoms with Gasteiger partial charge in [-0.15, -0.1) is 0 Å². The van der Waals surface area contributed by atoms with E-state index in [1.54, 1.807) is 18.2 Å². The number of nitrogens with one attached hydrogen (secondary N) is 1. The topological polar surface area (TPSA) is 86.8 Å². The second kappa shape index (κ2) is 14.0. The molecule has 0 aliphatic heterocycles. The first-order valence-electron chi connectivity index (χ1n) is 17.0. The smallest absolute Gasteiger partial charge is 0.244 e. The number of benzene rings is 3. The van der Waals surface area contributed by atoms with Gasteiger partial charge in [0.2, 0.25) is 21.8 Å². The highest BCUT2D eigenvalue weighted by Gasteiger charge is 2.51. The predicted octanol–water partition coefficient (Wildman–Crippen LogP) is 6.74. The number of anilines is 1. The summed E-state index contributed by atoms with van der Waals surface area (Å²) in [5.74, 6) is 1.66. The molecule has 3 aromatic rings. The maximum Gasteiger partial charge on any atom is 0.244 e. The van der Waals surface area contributed by atoms with Gasteiger partial charge in [-0.25, -0.2) is 8.42 Å². The molecule has 4 saturated carbocycles. The number of nitrogens with zero attached hydrogens (tertiary/aromatic N) is 2. The fourth-order valence-corrected chi connectivity index (χ4v) is 9.87. The molecule has 0 heterocycles. The van der Waals surface area contributed by atoms with Crippen LogP contribution in [0.5, 0.6) is 0 Å². The Bertz CT molecular complexity index is 1640. The van der Waals surface area contributed by atoms with Crippen molar-refractivity contribution < 1.29 is 18.0 Å². The summed E-state index contributed by atoms with van der Waals surface area (Å²) in [6.07, 6.45) is 9.87. The highest BCUT2D eigenvalue weighted by molar-refractivity contribution is 7.92. The Hall–Kier alpha value is -3.36. The number of amides is 2. The fraction of sp³-hybridized carbons (Fsp3) is 0.474. The van der Waals surface area contributed by atoms with E-state index in [-0.39, 0.29) is 24.3 Å². The van der Waals surface area contributed by atoms with Crippen LogP contribution in [0, 0.1) is 17.8 Å². The van der Waals surface area contributed by atoms with Crippen LogP contribution in [0.25, 0.3) is 0 Å². The van der Waals surface area contributed by atoms with E-state index in [2.05, 4.69) is 17.4 Å². The summed E-state index contributed by atoms with van der Waals surface area (Å²) in [6.45, 7) is 2.11. The third-order valence-electron chi connectivity index (χ3n) is 10.5. The molecule has 4 bridgehead atoms. The van der Waals surface area contributed by atoms with Gasteiger partial charge in [-0.2, -0.15) is 0 Å². The summed E-state index contributed by atoms with van der Waals surface area (Å²) in [6, 6.07) is 23.8. The van der Waals surface area contributed by atoms with Crippen LogP contribution in [-0.4, -0.2) is 50.5 Å². The average molecular weight is 676 g/mol. The highest BCUT2D eigenvalue weighted by atomic mass is 35.5. The maximum absolute atomic E-state index is 14.4. The highest BCUT2D eigenvalue weighted by Crippen LogP contribution is 2.60. The van der Waals surface area contributed by atoms with Gasteiger partial charge in [-0.3, -0.25) is 13.9 Å². The lowest BCUT2D eigenvalue weighted by atomic mass is 9.48. The molecule has 0 radical (unpaired) electrons. The van der Waals surface area contributed by atoms with E-state index < -0.39 is 28.5 Å². The first-order chi connectivity index (χ1) is 22.5. The molecule has 1 N–H and O–H groups in total. The minimum Gasteiger partial charge on any atom is -0.354 e.